The van der Waals surface area contributed by atoms with Gasteiger partial charge >= 0.3 is 0 Å². The Morgan fingerprint density at radius 3 is 2.87 bits per heavy atom. The van der Waals surface area contributed by atoms with E-state index in [2.05, 4.69) is 49.7 Å². The van der Waals surface area contributed by atoms with Crippen LogP contribution in [0.5, 0.6) is 0 Å². The maximum atomic E-state index is 5.47. The molecule has 6 rings (SSSR count). The van der Waals surface area contributed by atoms with Gasteiger partial charge in [0.1, 0.15) is 0 Å². The number of aromatic nitrogens is 6. The van der Waals surface area contributed by atoms with E-state index in [1.807, 2.05) is 24.1 Å². The summed E-state index contributed by atoms with van der Waals surface area (Å²) in [6.07, 6.45) is 8.45. The highest BCUT2D eigenvalue weighted by atomic mass is 16.5. The fourth-order valence-electron chi connectivity index (χ4n) is 4.46. The second-order valence-corrected chi connectivity index (χ2v) is 8.64. The fourth-order valence-corrected chi connectivity index (χ4v) is 4.46. The zero-order valence-electron chi connectivity index (χ0n) is 17.4. The largest absolute Gasteiger partial charge is 0.380 e. The number of anilines is 3. The third-order valence-electron chi connectivity index (χ3n) is 6.20. The van der Waals surface area contributed by atoms with E-state index >= 15 is 0 Å². The number of benzene rings is 1. The number of aryl methyl sites for hydroxylation is 1. The van der Waals surface area contributed by atoms with Crippen molar-refractivity contribution in [1.82, 2.24) is 29.5 Å². The van der Waals surface area contributed by atoms with Crippen LogP contribution < -0.4 is 10.2 Å². The number of nitrogens with zero attached hydrogens (tertiary/aromatic N) is 7. The van der Waals surface area contributed by atoms with Gasteiger partial charge in [0.25, 0.3) is 0 Å². The number of hydrogen-bond acceptors (Lipinski definition) is 7. The van der Waals surface area contributed by atoms with Gasteiger partial charge in [-0.3, -0.25) is 4.68 Å². The predicted octanol–water partition coefficient (Wildman–Crippen LogP) is 2.58. The first-order chi connectivity index (χ1) is 15.2. The standard InChI is InChI=1S/C22H24N8O/c1-28-12-18(10-24-28)26-21-23-8-17-9-25-30(20(17)27-21)11-16-3-2-4-19(7-16)29-6-5-22(13-29)14-31-15-22/h2-4,7-10,12H,5-6,11,13-15H2,1H3,(H,23,26,27). The Bertz CT molecular complexity index is 1240. The van der Waals surface area contributed by atoms with Crippen molar-refractivity contribution in [3.63, 3.8) is 0 Å². The van der Waals surface area contributed by atoms with Crippen LogP contribution in [-0.4, -0.2) is 55.8 Å². The Hall–Kier alpha value is -3.46. The Labute approximate surface area is 179 Å². The Morgan fingerprint density at radius 2 is 2.10 bits per heavy atom. The summed E-state index contributed by atoms with van der Waals surface area (Å²) in [5, 5.41) is 12.8. The van der Waals surface area contributed by atoms with E-state index < -0.39 is 0 Å². The summed E-state index contributed by atoms with van der Waals surface area (Å²) >= 11 is 0. The van der Waals surface area contributed by atoms with E-state index in [9.17, 15) is 0 Å². The van der Waals surface area contributed by atoms with Gasteiger partial charge in [-0.15, -0.1) is 0 Å². The average molecular weight is 416 g/mol. The highest BCUT2D eigenvalue weighted by molar-refractivity contribution is 5.75. The van der Waals surface area contributed by atoms with Crippen LogP contribution in [0, 0.1) is 5.41 Å². The van der Waals surface area contributed by atoms with E-state index in [1.165, 1.54) is 17.7 Å². The topological polar surface area (TPSA) is 85.9 Å². The Kier molecular flexibility index (Phi) is 4.17. The quantitative estimate of drug-likeness (QED) is 0.535. The highest BCUT2D eigenvalue weighted by Crippen LogP contribution is 2.39. The molecule has 1 spiro atoms. The average Bonchev–Trinajstić information content (AvgIpc) is 3.47. The van der Waals surface area contributed by atoms with Gasteiger partial charge in [-0.05, 0) is 24.1 Å². The lowest BCUT2D eigenvalue weighted by Gasteiger charge is -2.37. The van der Waals surface area contributed by atoms with Crippen molar-refractivity contribution in [2.45, 2.75) is 13.0 Å². The summed E-state index contributed by atoms with van der Waals surface area (Å²) in [6.45, 7) is 4.63. The molecule has 0 radical (unpaired) electrons. The maximum absolute atomic E-state index is 5.47. The minimum atomic E-state index is 0.378. The van der Waals surface area contributed by atoms with Crippen LogP contribution >= 0.6 is 0 Å². The van der Waals surface area contributed by atoms with Crippen molar-refractivity contribution in [1.29, 1.82) is 0 Å². The summed E-state index contributed by atoms with van der Waals surface area (Å²) in [4.78, 5) is 11.6. The zero-order valence-corrected chi connectivity index (χ0v) is 17.4. The monoisotopic (exact) mass is 416 g/mol. The molecule has 31 heavy (non-hydrogen) atoms. The summed E-state index contributed by atoms with van der Waals surface area (Å²) in [5.41, 5.74) is 4.50. The minimum Gasteiger partial charge on any atom is -0.380 e. The Morgan fingerprint density at radius 1 is 1.16 bits per heavy atom. The first kappa shape index (κ1) is 18.3. The van der Waals surface area contributed by atoms with Gasteiger partial charge < -0.3 is 15.0 Å². The summed E-state index contributed by atoms with van der Waals surface area (Å²) in [6, 6.07) is 8.73. The van der Waals surface area contributed by atoms with E-state index in [1.54, 1.807) is 17.1 Å². The lowest BCUT2D eigenvalue weighted by Crippen LogP contribution is -2.44. The first-order valence-electron chi connectivity index (χ1n) is 10.5. The van der Waals surface area contributed by atoms with Gasteiger partial charge in [0, 0.05) is 43.6 Å². The second-order valence-electron chi connectivity index (χ2n) is 8.64. The third kappa shape index (κ3) is 3.40. The smallest absolute Gasteiger partial charge is 0.229 e. The molecular formula is C22H24N8O. The highest BCUT2D eigenvalue weighted by Gasteiger charge is 2.44. The molecule has 0 aliphatic carbocycles. The van der Waals surface area contributed by atoms with Crippen molar-refractivity contribution in [3.05, 3.63) is 54.6 Å². The molecule has 2 saturated heterocycles. The molecule has 1 aromatic carbocycles. The van der Waals surface area contributed by atoms with Gasteiger partial charge in [0.05, 0.1) is 43.2 Å². The molecule has 9 nitrogen and oxygen atoms in total. The van der Waals surface area contributed by atoms with Gasteiger partial charge in [0.2, 0.25) is 5.95 Å². The molecule has 0 unspecified atom stereocenters. The van der Waals surface area contributed by atoms with E-state index in [0.717, 1.165) is 43.0 Å². The van der Waals surface area contributed by atoms with Gasteiger partial charge in [-0.2, -0.15) is 15.2 Å². The number of nitrogens with one attached hydrogen (secondary N) is 1. The normalized spacial score (nSPS) is 17.4. The van der Waals surface area contributed by atoms with Crippen LogP contribution in [0.2, 0.25) is 0 Å². The van der Waals surface area contributed by atoms with Crippen LogP contribution in [0.15, 0.2) is 49.1 Å². The maximum Gasteiger partial charge on any atom is 0.229 e. The van der Waals surface area contributed by atoms with Crippen LogP contribution in [0.25, 0.3) is 11.0 Å². The van der Waals surface area contributed by atoms with Gasteiger partial charge in [-0.1, -0.05) is 12.1 Å². The minimum absolute atomic E-state index is 0.378. The summed E-state index contributed by atoms with van der Waals surface area (Å²) < 4.78 is 9.13. The number of ether oxygens (including phenoxy) is 1. The molecule has 0 atom stereocenters. The molecule has 5 heterocycles. The number of rotatable bonds is 5. The molecule has 3 aromatic heterocycles. The molecule has 158 valence electrons. The molecule has 2 aliphatic heterocycles. The molecule has 2 aliphatic rings. The molecular weight excluding hydrogens is 392 g/mol. The van der Waals surface area contributed by atoms with Gasteiger partial charge in [-0.25, -0.2) is 9.67 Å². The van der Waals surface area contributed by atoms with E-state index in [-0.39, 0.29) is 0 Å². The fraction of sp³-hybridized carbons (Fsp3) is 0.364. The second kappa shape index (κ2) is 7.05. The number of hydrogen-bond donors (Lipinski definition) is 1. The van der Waals surface area contributed by atoms with Crippen molar-refractivity contribution in [2.75, 3.05) is 36.5 Å². The van der Waals surface area contributed by atoms with Crippen molar-refractivity contribution in [2.24, 2.45) is 12.5 Å². The van der Waals surface area contributed by atoms with E-state index in [4.69, 9.17) is 9.72 Å². The van der Waals surface area contributed by atoms with Crippen molar-refractivity contribution in [3.8, 4) is 0 Å². The van der Waals surface area contributed by atoms with Crippen LogP contribution in [-0.2, 0) is 18.3 Å². The molecule has 9 heteroatoms. The SMILES string of the molecule is Cn1cc(Nc2ncc3cnn(Cc4cccc(N5CCC6(COC6)C5)c4)c3n2)cn1. The van der Waals surface area contributed by atoms with Crippen LogP contribution in [0.1, 0.15) is 12.0 Å². The van der Waals surface area contributed by atoms with Crippen LogP contribution in [0.3, 0.4) is 0 Å². The zero-order chi connectivity index (χ0) is 20.8. The van der Waals surface area contributed by atoms with Gasteiger partial charge in [0.15, 0.2) is 5.65 Å². The summed E-state index contributed by atoms with van der Waals surface area (Å²) in [7, 11) is 1.88. The van der Waals surface area contributed by atoms with Crippen molar-refractivity contribution < 1.29 is 4.74 Å². The first-order valence-corrected chi connectivity index (χ1v) is 10.5. The molecule has 2 fully saturated rings. The predicted molar refractivity (Wildman–Crippen MR) is 117 cm³/mol. The summed E-state index contributed by atoms with van der Waals surface area (Å²) in [5.74, 6) is 0.529. The molecule has 0 saturated carbocycles. The Balaban J connectivity index is 1.23. The van der Waals surface area contributed by atoms with E-state index in [0.29, 0.717) is 17.9 Å². The lowest BCUT2D eigenvalue weighted by atomic mass is 9.85. The molecule has 0 amide bonds. The van der Waals surface area contributed by atoms with Crippen molar-refractivity contribution >= 4 is 28.4 Å². The lowest BCUT2D eigenvalue weighted by molar-refractivity contribution is -0.0985. The van der Waals surface area contributed by atoms with Crippen LogP contribution in [0.4, 0.5) is 17.3 Å². The molecule has 4 aromatic rings. The molecule has 1 N–H and O–H groups in total. The number of fused-ring (bicyclic) bond motifs is 1. The third-order valence-corrected chi connectivity index (χ3v) is 6.20. The molecule has 0 bridgehead atoms.